The maximum atomic E-state index is 3.59. The third-order valence-corrected chi connectivity index (χ3v) is 3.02. The quantitative estimate of drug-likeness (QED) is 0.578. The predicted molar refractivity (Wildman–Crippen MR) is 50.1 cm³/mol. The third kappa shape index (κ3) is 1.63. The van der Waals surface area contributed by atoms with Gasteiger partial charge in [-0.3, -0.25) is 10.2 Å². The summed E-state index contributed by atoms with van der Waals surface area (Å²) in [6.07, 6.45) is 4.67. The molecular formula is C9H19N3. The highest BCUT2D eigenvalue weighted by atomic mass is 15.3. The first-order valence-electron chi connectivity index (χ1n) is 5.05. The van der Waals surface area contributed by atoms with Crippen LogP contribution in [0.15, 0.2) is 0 Å². The summed E-state index contributed by atoms with van der Waals surface area (Å²) < 4.78 is 0. The van der Waals surface area contributed by atoms with Gasteiger partial charge in [-0.05, 0) is 26.4 Å². The van der Waals surface area contributed by atoms with E-state index in [0.29, 0.717) is 12.2 Å². The van der Waals surface area contributed by atoms with Gasteiger partial charge < -0.3 is 5.32 Å². The summed E-state index contributed by atoms with van der Waals surface area (Å²) in [5.74, 6) is 0. The average molecular weight is 169 g/mol. The van der Waals surface area contributed by atoms with E-state index in [1.54, 1.807) is 0 Å². The van der Waals surface area contributed by atoms with Gasteiger partial charge in [-0.2, -0.15) is 0 Å². The van der Waals surface area contributed by atoms with Crippen molar-refractivity contribution in [3.63, 3.8) is 0 Å². The highest BCUT2D eigenvalue weighted by Crippen LogP contribution is 2.14. The fourth-order valence-corrected chi connectivity index (χ4v) is 2.28. The Morgan fingerprint density at radius 1 is 1.17 bits per heavy atom. The van der Waals surface area contributed by atoms with Crippen molar-refractivity contribution in [3.05, 3.63) is 0 Å². The number of nitrogens with zero attached hydrogens (tertiary/aromatic N) is 1. The molecule has 2 fully saturated rings. The summed E-state index contributed by atoms with van der Waals surface area (Å²) in [4.78, 5) is 2.42. The summed E-state index contributed by atoms with van der Waals surface area (Å²) in [7, 11) is 2.21. The van der Waals surface area contributed by atoms with Crippen LogP contribution in [0.3, 0.4) is 0 Å². The summed E-state index contributed by atoms with van der Waals surface area (Å²) >= 11 is 0. The van der Waals surface area contributed by atoms with Crippen LogP contribution in [0.25, 0.3) is 0 Å². The summed E-state index contributed by atoms with van der Waals surface area (Å²) in [5, 5.41) is 7.13. The minimum absolute atomic E-state index is 0.588. The van der Waals surface area contributed by atoms with Gasteiger partial charge in [0.15, 0.2) is 0 Å². The zero-order valence-corrected chi connectivity index (χ0v) is 7.84. The van der Waals surface area contributed by atoms with E-state index in [2.05, 4.69) is 22.6 Å². The highest BCUT2D eigenvalue weighted by Gasteiger charge is 2.29. The van der Waals surface area contributed by atoms with Crippen molar-refractivity contribution in [2.45, 2.75) is 31.5 Å². The zero-order chi connectivity index (χ0) is 8.39. The summed E-state index contributed by atoms with van der Waals surface area (Å²) in [6, 6.07) is 0.686. The predicted octanol–water partition coefficient (Wildman–Crippen LogP) is -0.0104. The number of hydrogen-bond donors (Lipinski definition) is 2. The van der Waals surface area contributed by atoms with E-state index >= 15 is 0 Å². The van der Waals surface area contributed by atoms with E-state index in [9.17, 15) is 0 Å². The van der Waals surface area contributed by atoms with E-state index in [1.807, 2.05) is 0 Å². The van der Waals surface area contributed by atoms with Crippen molar-refractivity contribution in [1.29, 1.82) is 0 Å². The fraction of sp³-hybridized carbons (Fsp3) is 1.00. The number of hydrogen-bond acceptors (Lipinski definition) is 3. The van der Waals surface area contributed by atoms with Gasteiger partial charge in [0.25, 0.3) is 0 Å². The number of rotatable bonds is 1. The van der Waals surface area contributed by atoms with Crippen molar-refractivity contribution in [1.82, 2.24) is 15.5 Å². The molecule has 2 unspecified atom stereocenters. The minimum atomic E-state index is 0.588. The van der Waals surface area contributed by atoms with Crippen LogP contribution in [0.1, 0.15) is 19.3 Å². The van der Waals surface area contributed by atoms with Crippen LogP contribution in [0, 0.1) is 0 Å². The molecule has 2 N–H and O–H groups in total. The van der Waals surface area contributed by atoms with Gasteiger partial charge in [0.2, 0.25) is 0 Å². The normalized spacial score (nSPS) is 38.8. The number of piperidine rings is 1. The van der Waals surface area contributed by atoms with Crippen molar-refractivity contribution in [2.24, 2.45) is 0 Å². The molecule has 70 valence electrons. The molecule has 0 aromatic heterocycles. The molecule has 2 aliphatic heterocycles. The molecule has 0 saturated carbocycles. The highest BCUT2D eigenvalue weighted by molar-refractivity contribution is 4.87. The lowest BCUT2D eigenvalue weighted by Crippen LogP contribution is -2.52. The molecule has 2 aliphatic rings. The van der Waals surface area contributed by atoms with E-state index in [-0.39, 0.29) is 0 Å². The maximum Gasteiger partial charge on any atom is 0.0753 e. The Kier molecular flexibility index (Phi) is 2.63. The number of nitrogens with one attached hydrogen (secondary N) is 2. The molecule has 0 bridgehead atoms. The summed E-state index contributed by atoms with van der Waals surface area (Å²) in [6.45, 7) is 3.55. The molecule has 3 heteroatoms. The van der Waals surface area contributed by atoms with Gasteiger partial charge in [-0.25, -0.2) is 0 Å². The van der Waals surface area contributed by atoms with Gasteiger partial charge in [0.05, 0.1) is 6.17 Å². The second kappa shape index (κ2) is 3.73. The van der Waals surface area contributed by atoms with Crippen molar-refractivity contribution in [2.75, 3.05) is 26.7 Å². The van der Waals surface area contributed by atoms with Crippen molar-refractivity contribution >= 4 is 0 Å². The maximum absolute atomic E-state index is 3.59. The molecule has 0 aliphatic carbocycles. The van der Waals surface area contributed by atoms with E-state index in [0.717, 1.165) is 6.54 Å². The number of likely N-dealkylation sites (N-methyl/N-ethyl adjacent to an activating group) is 1. The molecule has 2 atom stereocenters. The molecule has 0 spiro atoms. The van der Waals surface area contributed by atoms with Crippen LogP contribution in [-0.2, 0) is 0 Å². The van der Waals surface area contributed by atoms with Crippen LogP contribution in [0.4, 0.5) is 0 Å². The molecule has 2 heterocycles. The Labute approximate surface area is 74.5 Å². The molecule has 0 amide bonds. The average Bonchev–Trinajstić information content (AvgIpc) is 2.53. The van der Waals surface area contributed by atoms with Crippen LogP contribution < -0.4 is 10.6 Å². The van der Waals surface area contributed by atoms with Gasteiger partial charge in [-0.15, -0.1) is 0 Å². The van der Waals surface area contributed by atoms with E-state index in [4.69, 9.17) is 0 Å². The topological polar surface area (TPSA) is 27.3 Å². The second-order valence-corrected chi connectivity index (χ2v) is 3.94. The monoisotopic (exact) mass is 169 g/mol. The Bertz CT molecular complexity index is 143. The smallest absolute Gasteiger partial charge is 0.0753 e. The molecule has 12 heavy (non-hydrogen) atoms. The third-order valence-electron chi connectivity index (χ3n) is 3.02. The van der Waals surface area contributed by atoms with Crippen molar-refractivity contribution in [3.8, 4) is 0 Å². The molecule has 3 nitrogen and oxygen atoms in total. The van der Waals surface area contributed by atoms with E-state index in [1.165, 1.54) is 32.4 Å². The zero-order valence-electron chi connectivity index (χ0n) is 7.84. The van der Waals surface area contributed by atoms with E-state index < -0.39 is 0 Å². The lowest BCUT2D eigenvalue weighted by atomic mass is 10.0. The first kappa shape index (κ1) is 8.48. The van der Waals surface area contributed by atoms with Crippen molar-refractivity contribution < 1.29 is 0 Å². The van der Waals surface area contributed by atoms with Gasteiger partial charge in [-0.1, -0.05) is 6.42 Å². The molecule has 0 radical (unpaired) electrons. The van der Waals surface area contributed by atoms with Crippen LogP contribution in [0.5, 0.6) is 0 Å². The van der Waals surface area contributed by atoms with Crippen LogP contribution in [-0.4, -0.2) is 43.8 Å². The molecular weight excluding hydrogens is 150 g/mol. The molecule has 0 aromatic carbocycles. The second-order valence-electron chi connectivity index (χ2n) is 3.94. The lowest BCUT2D eigenvalue weighted by Gasteiger charge is -2.32. The van der Waals surface area contributed by atoms with Crippen LogP contribution in [0.2, 0.25) is 0 Å². The lowest BCUT2D eigenvalue weighted by molar-refractivity contribution is 0.203. The standard InChI is InChI=1S/C9H19N3/c1-12-7-6-11-9(12)8-4-2-3-5-10-8/h8-11H,2-7H2,1H3. The first-order valence-corrected chi connectivity index (χ1v) is 5.05. The fourth-order valence-electron chi connectivity index (χ4n) is 2.28. The molecule has 0 aromatic rings. The van der Waals surface area contributed by atoms with Gasteiger partial charge in [0.1, 0.15) is 0 Å². The van der Waals surface area contributed by atoms with Gasteiger partial charge >= 0.3 is 0 Å². The Hall–Kier alpha value is -0.120. The Morgan fingerprint density at radius 2 is 2.08 bits per heavy atom. The summed E-state index contributed by atoms with van der Waals surface area (Å²) in [5.41, 5.74) is 0. The Morgan fingerprint density at radius 3 is 2.67 bits per heavy atom. The largest absolute Gasteiger partial charge is 0.311 e. The first-order chi connectivity index (χ1) is 5.88. The molecule has 2 saturated heterocycles. The molecule has 2 rings (SSSR count). The van der Waals surface area contributed by atoms with Gasteiger partial charge in [0, 0.05) is 19.1 Å². The minimum Gasteiger partial charge on any atom is -0.311 e. The Balaban J connectivity index is 1.89. The SMILES string of the molecule is CN1CCNC1C1CCCCN1. The van der Waals surface area contributed by atoms with Crippen LogP contribution >= 0.6 is 0 Å².